The average molecular weight is 437 g/mol. The number of amides is 2. The van der Waals surface area contributed by atoms with Crippen molar-refractivity contribution in [2.75, 3.05) is 30.5 Å². The van der Waals surface area contributed by atoms with E-state index >= 15 is 0 Å². The van der Waals surface area contributed by atoms with E-state index in [1.54, 1.807) is 42.5 Å². The fourth-order valence-corrected chi connectivity index (χ4v) is 3.35. The molecule has 1 N–H and O–H groups in total. The number of hydrogen-bond donors (Lipinski definition) is 1. The Morgan fingerprint density at radius 2 is 1.93 bits per heavy atom. The van der Waals surface area contributed by atoms with Crippen LogP contribution in [-0.4, -0.2) is 38.0 Å². The van der Waals surface area contributed by atoms with Crippen LogP contribution < -0.4 is 15.0 Å². The summed E-state index contributed by atoms with van der Waals surface area (Å²) in [5.41, 5.74) is 0.979. The quantitative estimate of drug-likeness (QED) is 0.699. The van der Waals surface area contributed by atoms with E-state index in [9.17, 15) is 14.4 Å². The largest absolute Gasteiger partial charge is 0.495 e. The highest BCUT2D eigenvalue weighted by atomic mass is 35.5. The highest BCUT2D eigenvalue weighted by Crippen LogP contribution is 2.35. The van der Waals surface area contributed by atoms with Crippen molar-refractivity contribution in [3.05, 3.63) is 52.5 Å². The molecule has 1 atom stereocenters. The van der Waals surface area contributed by atoms with Gasteiger partial charge in [0.15, 0.2) is 6.61 Å². The number of nitrogens with one attached hydrogen (secondary N) is 1. The standard InChI is InChI=1S/C20H18Cl2N2O5/c1-28-17-6-5-14(22)9-16(17)24-10-12(7-19(24)26)20(27)29-11-18(25)23-15-4-2-3-13(21)8-15/h2-6,8-9,12H,7,10-11H2,1H3,(H,23,25)/t12-/m1/s1. The highest BCUT2D eigenvalue weighted by Gasteiger charge is 2.37. The first-order valence-electron chi connectivity index (χ1n) is 8.73. The molecule has 1 aliphatic heterocycles. The van der Waals surface area contributed by atoms with Crippen molar-refractivity contribution < 1.29 is 23.9 Å². The number of carbonyl (C=O) groups excluding carboxylic acids is 3. The topological polar surface area (TPSA) is 84.9 Å². The van der Waals surface area contributed by atoms with Crippen molar-refractivity contribution in [3.63, 3.8) is 0 Å². The van der Waals surface area contributed by atoms with E-state index in [1.807, 2.05) is 0 Å². The first-order chi connectivity index (χ1) is 13.9. The lowest BCUT2D eigenvalue weighted by molar-refractivity contribution is -0.151. The fourth-order valence-electron chi connectivity index (χ4n) is 2.99. The Hall–Kier alpha value is -2.77. The van der Waals surface area contributed by atoms with Crippen LogP contribution in [0.15, 0.2) is 42.5 Å². The molecule has 29 heavy (non-hydrogen) atoms. The first-order valence-corrected chi connectivity index (χ1v) is 9.49. The SMILES string of the molecule is COc1ccc(Cl)cc1N1C[C@H](C(=O)OCC(=O)Nc2cccc(Cl)c2)CC1=O. The summed E-state index contributed by atoms with van der Waals surface area (Å²) >= 11 is 11.9. The number of halogens is 2. The zero-order valence-electron chi connectivity index (χ0n) is 15.5. The normalized spacial score (nSPS) is 15.9. The third-order valence-corrected chi connectivity index (χ3v) is 4.81. The maximum atomic E-state index is 12.4. The summed E-state index contributed by atoms with van der Waals surface area (Å²) in [6, 6.07) is 11.5. The third-order valence-electron chi connectivity index (χ3n) is 4.34. The zero-order valence-corrected chi connectivity index (χ0v) is 17.0. The summed E-state index contributed by atoms with van der Waals surface area (Å²) in [6.45, 7) is -0.346. The van der Waals surface area contributed by atoms with Crippen molar-refractivity contribution in [2.45, 2.75) is 6.42 Å². The number of methoxy groups -OCH3 is 1. The summed E-state index contributed by atoms with van der Waals surface area (Å²) in [7, 11) is 1.48. The van der Waals surface area contributed by atoms with Gasteiger partial charge in [0.1, 0.15) is 5.75 Å². The summed E-state index contributed by atoms with van der Waals surface area (Å²) in [5, 5.41) is 3.50. The Bertz CT molecular complexity index is 950. The maximum Gasteiger partial charge on any atom is 0.311 e. The van der Waals surface area contributed by atoms with Crippen LogP contribution in [0.1, 0.15) is 6.42 Å². The van der Waals surface area contributed by atoms with Crippen LogP contribution >= 0.6 is 23.2 Å². The van der Waals surface area contributed by atoms with Crippen LogP contribution in [0.5, 0.6) is 5.75 Å². The summed E-state index contributed by atoms with van der Waals surface area (Å²) in [6.07, 6.45) is -0.0234. The monoisotopic (exact) mass is 436 g/mol. The number of benzene rings is 2. The van der Waals surface area contributed by atoms with Crippen molar-refractivity contribution >= 4 is 52.4 Å². The molecule has 1 fully saturated rings. The molecule has 0 spiro atoms. The number of esters is 1. The Morgan fingerprint density at radius 1 is 1.17 bits per heavy atom. The van der Waals surface area contributed by atoms with Gasteiger partial charge in [-0.1, -0.05) is 29.3 Å². The molecule has 2 aromatic carbocycles. The Kier molecular flexibility index (Phi) is 6.61. The second-order valence-electron chi connectivity index (χ2n) is 6.39. The second-order valence-corrected chi connectivity index (χ2v) is 7.26. The molecule has 0 aromatic heterocycles. The molecule has 0 aliphatic carbocycles. The Labute approximate surface area is 177 Å². The maximum absolute atomic E-state index is 12.4. The van der Waals surface area contributed by atoms with Gasteiger partial charge in [-0.05, 0) is 36.4 Å². The molecule has 152 valence electrons. The van der Waals surface area contributed by atoms with Gasteiger partial charge in [0.05, 0.1) is 18.7 Å². The minimum atomic E-state index is -0.690. The molecule has 1 heterocycles. The van der Waals surface area contributed by atoms with Crippen molar-refractivity contribution in [1.29, 1.82) is 0 Å². The molecule has 2 aromatic rings. The lowest BCUT2D eigenvalue weighted by Gasteiger charge is -2.19. The number of anilines is 2. The van der Waals surface area contributed by atoms with E-state index in [1.165, 1.54) is 12.0 Å². The van der Waals surface area contributed by atoms with Crippen molar-refractivity contribution in [3.8, 4) is 5.75 Å². The van der Waals surface area contributed by atoms with Crippen LogP contribution in [0.25, 0.3) is 0 Å². The van der Waals surface area contributed by atoms with Gasteiger partial charge in [-0.3, -0.25) is 14.4 Å². The van der Waals surface area contributed by atoms with E-state index in [2.05, 4.69) is 5.32 Å². The van der Waals surface area contributed by atoms with Gasteiger partial charge in [-0.25, -0.2) is 0 Å². The zero-order chi connectivity index (χ0) is 21.0. The minimum Gasteiger partial charge on any atom is -0.495 e. The van der Waals surface area contributed by atoms with Gasteiger partial charge in [-0.2, -0.15) is 0 Å². The fraction of sp³-hybridized carbons (Fsp3) is 0.250. The van der Waals surface area contributed by atoms with Crippen LogP contribution in [0.2, 0.25) is 10.0 Å². The van der Waals surface area contributed by atoms with Gasteiger partial charge >= 0.3 is 5.97 Å². The summed E-state index contributed by atoms with van der Waals surface area (Å²) in [5.74, 6) is -1.60. The van der Waals surface area contributed by atoms with Crippen molar-refractivity contribution in [2.24, 2.45) is 5.92 Å². The Morgan fingerprint density at radius 3 is 2.66 bits per heavy atom. The van der Waals surface area contributed by atoms with E-state index < -0.39 is 24.4 Å². The second kappa shape index (κ2) is 9.15. The number of hydrogen-bond acceptors (Lipinski definition) is 5. The lowest BCUT2D eigenvalue weighted by Crippen LogP contribution is -2.28. The Balaban J connectivity index is 1.58. The van der Waals surface area contributed by atoms with Crippen LogP contribution in [0, 0.1) is 5.92 Å². The predicted octanol–water partition coefficient (Wildman–Crippen LogP) is 3.54. The average Bonchev–Trinajstić information content (AvgIpc) is 3.07. The number of nitrogens with zero attached hydrogens (tertiary/aromatic N) is 1. The van der Waals surface area contributed by atoms with Gasteiger partial charge in [0, 0.05) is 28.7 Å². The summed E-state index contributed by atoms with van der Waals surface area (Å²) < 4.78 is 10.4. The molecule has 3 rings (SSSR count). The van der Waals surface area contributed by atoms with Crippen LogP contribution in [0.3, 0.4) is 0 Å². The first kappa shape index (κ1) is 21.0. The van der Waals surface area contributed by atoms with Gasteiger partial charge < -0.3 is 19.7 Å². The number of ether oxygens (including phenoxy) is 2. The molecule has 9 heteroatoms. The highest BCUT2D eigenvalue weighted by molar-refractivity contribution is 6.31. The molecule has 0 bridgehead atoms. The molecule has 0 unspecified atom stereocenters. The minimum absolute atomic E-state index is 0.0234. The van der Waals surface area contributed by atoms with Gasteiger partial charge in [0.25, 0.3) is 5.91 Å². The molecule has 0 radical (unpaired) electrons. The van der Waals surface area contributed by atoms with E-state index in [0.717, 1.165) is 0 Å². The van der Waals surface area contributed by atoms with E-state index in [4.69, 9.17) is 32.7 Å². The van der Waals surface area contributed by atoms with Gasteiger partial charge in [0.2, 0.25) is 5.91 Å². The molecule has 1 saturated heterocycles. The lowest BCUT2D eigenvalue weighted by atomic mass is 10.1. The smallest absolute Gasteiger partial charge is 0.311 e. The van der Waals surface area contributed by atoms with Crippen LogP contribution in [-0.2, 0) is 19.1 Å². The predicted molar refractivity (Wildman–Crippen MR) is 110 cm³/mol. The molecular formula is C20H18Cl2N2O5. The molecular weight excluding hydrogens is 419 g/mol. The van der Waals surface area contributed by atoms with Crippen molar-refractivity contribution in [1.82, 2.24) is 0 Å². The van der Waals surface area contributed by atoms with Crippen LogP contribution in [0.4, 0.5) is 11.4 Å². The van der Waals surface area contributed by atoms with Gasteiger partial charge in [-0.15, -0.1) is 0 Å². The molecule has 1 aliphatic rings. The molecule has 0 saturated carbocycles. The van der Waals surface area contributed by atoms with E-state index in [0.29, 0.717) is 27.2 Å². The molecule has 2 amide bonds. The third kappa shape index (κ3) is 5.19. The van der Waals surface area contributed by atoms with E-state index in [-0.39, 0.29) is 18.9 Å². The number of carbonyl (C=O) groups is 3. The summed E-state index contributed by atoms with van der Waals surface area (Å²) in [4.78, 5) is 38.2. The number of rotatable bonds is 6. The molecule has 7 nitrogen and oxygen atoms in total.